The Morgan fingerprint density at radius 1 is 1.00 bits per heavy atom. The van der Waals surface area contributed by atoms with E-state index in [4.69, 9.17) is 0 Å². The van der Waals surface area contributed by atoms with Crippen LogP contribution in [0.25, 0.3) is 27.7 Å². The molecule has 3 aromatic carbocycles. The predicted octanol–water partition coefficient (Wildman–Crippen LogP) is 3.49. The van der Waals surface area contributed by atoms with Crippen LogP contribution in [0.1, 0.15) is 10.4 Å². The van der Waals surface area contributed by atoms with Crippen LogP contribution in [0.5, 0.6) is 11.5 Å². The van der Waals surface area contributed by atoms with Crippen LogP contribution in [-0.4, -0.2) is 36.3 Å². The maximum absolute atomic E-state index is 11.5. The van der Waals surface area contributed by atoms with Crippen molar-refractivity contribution in [3.63, 3.8) is 0 Å². The smallest absolute Gasteiger partial charge is 0.336 e. The Bertz CT molecular complexity index is 1200. The molecule has 0 spiro atoms. The van der Waals surface area contributed by atoms with Crippen molar-refractivity contribution >= 4 is 29.4 Å². The van der Waals surface area contributed by atoms with Crippen LogP contribution in [0.4, 0.5) is 0 Å². The summed E-state index contributed by atoms with van der Waals surface area (Å²) in [6.45, 7) is 0. The molecule has 7 nitrogen and oxygen atoms in total. The van der Waals surface area contributed by atoms with Gasteiger partial charge in [-0.25, -0.2) is 9.48 Å². The number of aromatic nitrogens is 3. The number of hydrogen-bond donors (Lipinski definition) is 4. The summed E-state index contributed by atoms with van der Waals surface area (Å²) >= 11 is 4.39. The number of nitrogens with zero attached hydrogens (tertiary/aromatic N) is 3. The Hall–Kier alpha value is -3.52. The Labute approximate surface area is 158 Å². The molecule has 0 radical (unpaired) electrons. The summed E-state index contributed by atoms with van der Waals surface area (Å²) in [7, 11) is 0. The lowest BCUT2D eigenvalue weighted by Crippen LogP contribution is -2.02. The lowest BCUT2D eigenvalue weighted by atomic mass is 9.98. The number of phenolic OH excluding ortho intramolecular Hbond substituents is 2. The fraction of sp³-hybridized carbons (Fsp3) is 0. The van der Waals surface area contributed by atoms with Gasteiger partial charge in [0.2, 0.25) is 0 Å². The quantitative estimate of drug-likeness (QED) is 0.406. The topological polar surface area (TPSA) is 108 Å². The van der Waals surface area contributed by atoms with Crippen molar-refractivity contribution in [3.8, 4) is 28.4 Å². The Balaban J connectivity index is 2.03. The van der Waals surface area contributed by atoms with Gasteiger partial charge in [0.05, 0.1) is 5.56 Å². The number of carbonyl (C=O) groups is 1. The molecular formula is C19H13N3O4S. The molecule has 0 unspecified atom stereocenters. The van der Waals surface area contributed by atoms with Gasteiger partial charge in [-0.05, 0) is 29.0 Å². The van der Waals surface area contributed by atoms with Gasteiger partial charge in [0.1, 0.15) is 27.9 Å². The highest BCUT2D eigenvalue weighted by Crippen LogP contribution is 2.36. The van der Waals surface area contributed by atoms with E-state index in [1.54, 1.807) is 24.3 Å². The summed E-state index contributed by atoms with van der Waals surface area (Å²) < 4.78 is 1.40. The zero-order valence-electron chi connectivity index (χ0n) is 13.7. The van der Waals surface area contributed by atoms with Crippen LogP contribution in [0.15, 0.2) is 59.6 Å². The van der Waals surface area contributed by atoms with Gasteiger partial charge in [0.25, 0.3) is 0 Å². The molecule has 27 heavy (non-hydrogen) atoms. The summed E-state index contributed by atoms with van der Waals surface area (Å²) in [5.41, 5.74) is 1.65. The average molecular weight is 379 g/mol. The lowest BCUT2D eigenvalue weighted by Gasteiger charge is -2.12. The van der Waals surface area contributed by atoms with Gasteiger partial charge in [-0.3, -0.25) is 0 Å². The van der Waals surface area contributed by atoms with E-state index < -0.39 is 5.97 Å². The number of phenols is 2. The first-order chi connectivity index (χ1) is 13.0. The molecule has 0 aliphatic heterocycles. The third kappa shape index (κ3) is 2.76. The fourth-order valence-electron chi connectivity index (χ4n) is 3.06. The van der Waals surface area contributed by atoms with Gasteiger partial charge in [0.15, 0.2) is 0 Å². The first-order valence-electron chi connectivity index (χ1n) is 7.90. The third-order valence-electron chi connectivity index (χ3n) is 4.25. The van der Waals surface area contributed by atoms with Gasteiger partial charge >= 0.3 is 5.97 Å². The zero-order valence-corrected chi connectivity index (χ0v) is 14.6. The molecule has 1 heterocycles. The number of aromatic carboxylic acids is 1. The number of rotatable bonds is 3. The Morgan fingerprint density at radius 2 is 1.74 bits per heavy atom. The van der Waals surface area contributed by atoms with E-state index in [-0.39, 0.29) is 17.1 Å². The SMILES string of the molecule is O=C(O)c1ccc(-c2c(S)nnn2-c2ccc(O)cc2O)c2ccccc12. The number of hydrogen-bond acceptors (Lipinski definition) is 6. The normalized spacial score (nSPS) is 11.0. The van der Waals surface area contributed by atoms with Crippen molar-refractivity contribution in [2.24, 2.45) is 0 Å². The Morgan fingerprint density at radius 3 is 2.44 bits per heavy atom. The number of benzene rings is 3. The molecule has 0 saturated heterocycles. The summed E-state index contributed by atoms with van der Waals surface area (Å²) in [5, 5.41) is 38.8. The lowest BCUT2D eigenvalue weighted by molar-refractivity contribution is 0.0699. The van der Waals surface area contributed by atoms with Crippen molar-refractivity contribution in [3.05, 3.63) is 60.2 Å². The number of carboxylic acid groups (broad SMARTS) is 1. The second-order valence-electron chi connectivity index (χ2n) is 5.86. The number of carboxylic acids is 1. The highest BCUT2D eigenvalue weighted by Gasteiger charge is 2.20. The average Bonchev–Trinajstić information content (AvgIpc) is 3.01. The summed E-state index contributed by atoms with van der Waals surface area (Å²) in [6, 6.07) is 14.4. The van der Waals surface area contributed by atoms with Gasteiger partial charge in [-0.2, -0.15) is 0 Å². The maximum atomic E-state index is 11.5. The van der Waals surface area contributed by atoms with Crippen molar-refractivity contribution in [1.29, 1.82) is 0 Å². The zero-order chi connectivity index (χ0) is 19.1. The molecular weight excluding hydrogens is 366 g/mol. The number of aromatic hydroxyl groups is 2. The van der Waals surface area contributed by atoms with Gasteiger partial charge in [0, 0.05) is 11.6 Å². The maximum Gasteiger partial charge on any atom is 0.336 e. The van der Waals surface area contributed by atoms with E-state index in [1.165, 1.54) is 28.9 Å². The molecule has 134 valence electrons. The molecule has 4 rings (SSSR count). The van der Waals surface area contributed by atoms with Crippen LogP contribution >= 0.6 is 12.6 Å². The van der Waals surface area contributed by atoms with E-state index in [9.17, 15) is 20.1 Å². The largest absolute Gasteiger partial charge is 0.508 e. The highest BCUT2D eigenvalue weighted by molar-refractivity contribution is 7.80. The molecule has 4 aromatic rings. The van der Waals surface area contributed by atoms with Crippen molar-refractivity contribution in [2.75, 3.05) is 0 Å². The summed E-state index contributed by atoms with van der Waals surface area (Å²) in [4.78, 5) is 11.5. The van der Waals surface area contributed by atoms with E-state index in [2.05, 4.69) is 22.9 Å². The van der Waals surface area contributed by atoms with Crippen molar-refractivity contribution in [2.45, 2.75) is 5.03 Å². The minimum absolute atomic E-state index is 0.0831. The standard InChI is InChI=1S/C19H13N3O4S/c23-10-5-8-15(16(24)9-10)22-17(18(27)20-21-22)13-6-7-14(19(25)26)12-4-2-1-3-11(12)13/h1-9,23-24,27H,(H,25,26). The molecule has 0 aliphatic carbocycles. The molecule has 0 atom stereocenters. The molecule has 3 N–H and O–H groups in total. The van der Waals surface area contributed by atoms with Gasteiger partial charge in [-0.15, -0.1) is 17.7 Å². The molecule has 0 bridgehead atoms. The molecule has 1 aromatic heterocycles. The van der Waals surface area contributed by atoms with Crippen molar-refractivity contribution in [1.82, 2.24) is 15.0 Å². The minimum Gasteiger partial charge on any atom is -0.508 e. The minimum atomic E-state index is -1.02. The van der Waals surface area contributed by atoms with Crippen molar-refractivity contribution < 1.29 is 20.1 Å². The van der Waals surface area contributed by atoms with Crippen LogP contribution < -0.4 is 0 Å². The number of thiol groups is 1. The predicted molar refractivity (Wildman–Crippen MR) is 102 cm³/mol. The highest BCUT2D eigenvalue weighted by atomic mass is 32.1. The van der Waals surface area contributed by atoms with E-state index in [0.29, 0.717) is 32.7 Å². The molecule has 0 amide bonds. The van der Waals surface area contributed by atoms with Gasteiger partial charge < -0.3 is 15.3 Å². The summed E-state index contributed by atoms with van der Waals surface area (Å²) in [5.74, 6) is -1.28. The second-order valence-corrected chi connectivity index (χ2v) is 6.28. The molecule has 8 heteroatoms. The van der Waals surface area contributed by atoms with Crippen LogP contribution in [0, 0.1) is 0 Å². The molecule has 0 fully saturated rings. The first-order valence-corrected chi connectivity index (χ1v) is 8.34. The van der Waals surface area contributed by atoms with Gasteiger partial charge in [-0.1, -0.05) is 35.5 Å². The number of fused-ring (bicyclic) bond motifs is 1. The van der Waals surface area contributed by atoms with Crippen LogP contribution in [-0.2, 0) is 0 Å². The monoisotopic (exact) mass is 379 g/mol. The first kappa shape index (κ1) is 16.9. The second kappa shape index (κ2) is 6.33. The van der Waals surface area contributed by atoms with Crippen LogP contribution in [0.3, 0.4) is 0 Å². The fourth-order valence-corrected chi connectivity index (χ4v) is 3.32. The van der Waals surface area contributed by atoms with E-state index >= 15 is 0 Å². The summed E-state index contributed by atoms with van der Waals surface area (Å²) in [6.07, 6.45) is 0. The molecule has 0 aliphatic rings. The van der Waals surface area contributed by atoms with E-state index in [0.717, 1.165) is 0 Å². The third-order valence-corrected chi connectivity index (χ3v) is 4.55. The van der Waals surface area contributed by atoms with E-state index in [1.807, 2.05) is 6.07 Å². The molecule has 0 saturated carbocycles. The Kier molecular flexibility index (Phi) is 3.97. The van der Waals surface area contributed by atoms with Crippen LogP contribution in [0.2, 0.25) is 0 Å².